The summed E-state index contributed by atoms with van der Waals surface area (Å²) in [7, 11) is 5.09. The van der Waals surface area contributed by atoms with E-state index in [-0.39, 0.29) is 0 Å². The minimum atomic E-state index is 0.359. The summed E-state index contributed by atoms with van der Waals surface area (Å²) < 4.78 is 57.6. The van der Waals surface area contributed by atoms with Gasteiger partial charge in [0, 0.05) is 56.0 Å². The molecule has 0 unspecified atom stereocenters. The molecule has 1 aliphatic carbocycles. The largest absolute Gasteiger partial charge is 0.493 e. The Bertz CT molecular complexity index is 2660. The SMILES string of the molecule is COc1cc2c3cc1OCCNCc1ccccc1OCc1cc4cc(c1)COc1ccccc1CNCCOc1cc(c(cc1OC)Cc1cc(c(OC)cc1C3)OCCNCc1ccccc1OC4)C2. The van der Waals surface area contributed by atoms with Gasteiger partial charge in [-0.25, -0.2) is 0 Å². The van der Waals surface area contributed by atoms with E-state index in [1.165, 1.54) is 0 Å². The molecule has 0 saturated carbocycles. The first-order valence-electron chi connectivity index (χ1n) is 24.8. The lowest BCUT2D eigenvalue weighted by Gasteiger charge is -2.18. The minimum absolute atomic E-state index is 0.359. The van der Waals surface area contributed by atoms with Crippen molar-refractivity contribution in [1.82, 2.24) is 16.0 Å². The molecule has 14 rings (SSSR count). The topological polar surface area (TPSA) is 119 Å². The van der Waals surface area contributed by atoms with E-state index in [9.17, 15) is 0 Å². The predicted octanol–water partition coefficient (Wildman–Crippen LogP) is 9.67. The first-order valence-corrected chi connectivity index (χ1v) is 24.8. The molecule has 12 nitrogen and oxygen atoms in total. The van der Waals surface area contributed by atoms with E-state index in [1.807, 2.05) is 54.6 Å². The molecular formula is C60H63N3O9. The molecule has 72 heavy (non-hydrogen) atoms. The molecule has 7 aromatic rings. The van der Waals surface area contributed by atoms with Crippen LogP contribution in [-0.2, 0) is 58.7 Å². The van der Waals surface area contributed by atoms with Gasteiger partial charge < -0.3 is 58.6 Å². The molecule has 12 bridgehead atoms. The Hall–Kier alpha value is -7.38. The van der Waals surface area contributed by atoms with Crippen LogP contribution in [0.4, 0.5) is 0 Å². The number of hydrogen-bond donors (Lipinski definition) is 3. The molecule has 0 amide bonds. The highest BCUT2D eigenvalue weighted by molar-refractivity contribution is 5.58. The third-order valence-corrected chi connectivity index (χ3v) is 13.4. The van der Waals surface area contributed by atoms with E-state index >= 15 is 0 Å². The van der Waals surface area contributed by atoms with Crippen molar-refractivity contribution in [3.8, 4) is 51.7 Å². The lowest BCUT2D eigenvalue weighted by Crippen LogP contribution is -2.21. The summed E-state index contributed by atoms with van der Waals surface area (Å²) in [5.74, 6) is 6.51. The van der Waals surface area contributed by atoms with Crippen molar-refractivity contribution < 1.29 is 42.6 Å². The predicted molar refractivity (Wildman–Crippen MR) is 278 cm³/mol. The average Bonchev–Trinajstić information content (AvgIpc) is 3.46. The molecule has 6 aliphatic heterocycles. The van der Waals surface area contributed by atoms with Crippen molar-refractivity contribution >= 4 is 0 Å². The number of rotatable bonds is 3. The van der Waals surface area contributed by atoms with Crippen molar-refractivity contribution in [2.45, 2.75) is 58.7 Å². The summed E-state index contributed by atoms with van der Waals surface area (Å²) in [5, 5.41) is 10.8. The van der Waals surface area contributed by atoms with E-state index in [1.54, 1.807) is 21.3 Å². The summed E-state index contributed by atoms with van der Waals surface area (Å²) >= 11 is 0. The molecule has 0 spiro atoms. The van der Waals surface area contributed by atoms with Gasteiger partial charge >= 0.3 is 0 Å². The van der Waals surface area contributed by atoms with Gasteiger partial charge in [-0.15, -0.1) is 0 Å². The van der Waals surface area contributed by atoms with E-state index in [0.717, 1.165) is 84.0 Å². The highest BCUT2D eigenvalue weighted by Crippen LogP contribution is 2.41. The first-order chi connectivity index (χ1) is 35.5. The van der Waals surface area contributed by atoms with Gasteiger partial charge in [-0.05, 0) is 142 Å². The summed E-state index contributed by atoms with van der Waals surface area (Å²) in [6, 6.07) is 43.8. The monoisotopic (exact) mass is 969 g/mol. The molecule has 7 aromatic carbocycles. The zero-order chi connectivity index (χ0) is 49.1. The van der Waals surface area contributed by atoms with Crippen molar-refractivity contribution in [2.24, 2.45) is 0 Å². The molecule has 0 radical (unpaired) electrons. The Morgan fingerprint density at radius 1 is 0.319 bits per heavy atom. The van der Waals surface area contributed by atoms with Gasteiger partial charge in [0.05, 0.1) is 21.3 Å². The van der Waals surface area contributed by atoms with Gasteiger partial charge in [-0.2, -0.15) is 0 Å². The number of fused-ring (bicyclic) bond motifs is 3. The van der Waals surface area contributed by atoms with Crippen LogP contribution in [0.1, 0.15) is 66.8 Å². The molecule has 7 aliphatic rings. The van der Waals surface area contributed by atoms with E-state index in [0.29, 0.717) is 133 Å². The summed E-state index contributed by atoms with van der Waals surface area (Å²) in [6.45, 7) is 5.91. The summed E-state index contributed by atoms with van der Waals surface area (Å²) in [4.78, 5) is 0. The van der Waals surface area contributed by atoms with Gasteiger partial charge in [-0.3, -0.25) is 0 Å². The normalized spacial score (nSPS) is 15.4. The van der Waals surface area contributed by atoms with Gasteiger partial charge in [0.1, 0.15) is 56.9 Å². The summed E-state index contributed by atoms with van der Waals surface area (Å²) in [5.41, 5.74) is 12.9. The fourth-order valence-corrected chi connectivity index (χ4v) is 9.67. The maximum atomic E-state index is 6.61. The lowest BCUT2D eigenvalue weighted by atomic mass is 9.94. The zero-order valence-electron chi connectivity index (χ0n) is 41.4. The molecule has 0 aromatic heterocycles. The second kappa shape index (κ2) is 23.2. The molecular weight excluding hydrogens is 907 g/mol. The molecule has 0 saturated heterocycles. The van der Waals surface area contributed by atoms with Crippen molar-refractivity contribution in [3.05, 3.63) is 194 Å². The smallest absolute Gasteiger partial charge is 0.161 e. The van der Waals surface area contributed by atoms with Crippen molar-refractivity contribution in [1.29, 1.82) is 0 Å². The van der Waals surface area contributed by atoms with Crippen molar-refractivity contribution in [2.75, 3.05) is 60.8 Å². The standard InChI is InChI=1S/C60H63N3O9/c1-64-55-28-46-25-50-32-59-57(66-3)30-48(50)27-51-33-60-56(65-2)29-47(51)26-49(46)31-58(55)67-19-16-61-34-43-10-4-7-13-52(43)70-37-40-22-41(38-71-53-14-8-5-11-44(53)35-62-17-20-68-59)24-42(23-40)39-72-54-15-9-6-12-45(54)36-63-18-21-69-60/h4-15,22-24,28-33,61-63H,16-21,25-27,34-39H2,1-3H3. The van der Waals surface area contributed by atoms with Crippen LogP contribution in [0.3, 0.4) is 0 Å². The third kappa shape index (κ3) is 11.7. The van der Waals surface area contributed by atoms with Crippen LogP contribution in [0.5, 0.6) is 51.7 Å². The Morgan fingerprint density at radius 2 is 0.611 bits per heavy atom. The average molecular weight is 970 g/mol. The van der Waals surface area contributed by atoms with Crippen LogP contribution < -0.4 is 58.6 Å². The molecule has 0 atom stereocenters. The zero-order valence-corrected chi connectivity index (χ0v) is 41.4. The van der Waals surface area contributed by atoms with E-state index < -0.39 is 0 Å². The van der Waals surface area contributed by atoms with Crippen LogP contribution in [0, 0.1) is 0 Å². The third-order valence-electron chi connectivity index (χ3n) is 13.4. The molecule has 12 heteroatoms. The Kier molecular flexibility index (Phi) is 15.6. The Labute approximate surface area is 422 Å². The van der Waals surface area contributed by atoms with Gasteiger partial charge in [0.2, 0.25) is 0 Å². The molecule has 0 fully saturated rings. The maximum Gasteiger partial charge on any atom is 0.161 e. The number of methoxy groups -OCH3 is 3. The maximum absolute atomic E-state index is 6.61. The van der Waals surface area contributed by atoms with Gasteiger partial charge in [0.15, 0.2) is 34.5 Å². The highest BCUT2D eigenvalue weighted by Gasteiger charge is 2.23. The second-order valence-electron chi connectivity index (χ2n) is 18.3. The lowest BCUT2D eigenvalue weighted by molar-refractivity contribution is 0.284. The first kappa shape index (κ1) is 48.3. The van der Waals surface area contributed by atoms with Crippen molar-refractivity contribution in [3.63, 3.8) is 0 Å². The fourth-order valence-electron chi connectivity index (χ4n) is 9.67. The number of nitrogens with one attached hydrogen (secondary N) is 3. The quantitative estimate of drug-likeness (QED) is 0.157. The van der Waals surface area contributed by atoms with E-state index in [4.69, 9.17) is 42.6 Å². The number of benzene rings is 7. The molecule has 6 heterocycles. The fraction of sp³-hybridized carbons (Fsp3) is 0.300. The van der Waals surface area contributed by atoms with Crippen LogP contribution in [0.15, 0.2) is 127 Å². The van der Waals surface area contributed by atoms with E-state index in [2.05, 4.69) is 88.7 Å². The minimum Gasteiger partial charge on any atom is -0.493 e. The van der Waals surface area contributed by atoms with Gasteiger partial charge in [0.25, 0.3) is 0 Å². The van der Waals surface area contributed by atoms with Crippen LogP contribution in [-0.4, -0.2) is 60.8 Å². The number of para-hydroxylation sites is 3. The number of ether oxygens (including phenoxy) is 9. The summed E-state index contributed by atoms with van der Waals surface area (Å²) in [6.07, 6.45) is 1.91. The van der Waals surface area contributed by atoms with Crippen LogP contribution >= 0.6 is 0 Å². The Balaban J connectivity index is 1.07. The molecule has 372 valence electrons. The van der Waals surface area contributed by atoms with Crippen LogP contribution in [0.2, 0.25) is 0 Å². The number of hydrogen-bond acceptors (Lipinski definition) is 12. The van der Waals surface area contributed by atoms with Gasteiger partial charge in [-0.1, -0.05) is 54.6 Å². The second-order valence-corrected chi connectivity index (χ2v) is 18.3. The molecule has 3 N–H and O–H groups in total. The van der Waals surface area contributed by atoms with Crippen LogP contribution in [0.25, 0.3) is 0 Å². The Morgan fingerprint density at radius 3 is 0.917 bits per heavy atom. The highest BCUT2D eigenvalue weighted by atomic mass is 16.5.